The molecule has 1 atom stereocenters. The van der Waals surface area contributed by atoms with Gasteiger partial charge in [0.25, 0.3) is 0 Å². The molecule has 0 amide bonds. The third-order valence-corrected chi connectivity index (χ3v) is 4.06. The molecule has 3 N–H and O–H groups in total. The minimum atomic E-state index is -0.0854. The SMILES string of the molecule is CC[C@@H](N)c1c(Br)cc(Br)c(O)c1Br. The van der Waals surface area contributed by atoms with Crippen LogP contribution >= 0.6 is 47.8 Å². The maximum Gasteiger partial charge on any atom is 0.144 e. The van der Waals surface area contributed by atoms with Gasteiger partial charge in [-0.1, -0.05) is 22.9 Å². The van der Waals surface area contributed by atoms with E-state index < -0.39 is 0 Å². The maximum absolute atomic E-state index is 9.69. The molecule has 1 aromatic carbocycles. The van der Waals surface area contributed by atoms with E-state index in [2.05, 4.69) is 47.8 Å². The van der Waals surface area contributed by atoms with Crippen molar-refractivity contribution in [3.05, 3.63) is 25.0 Å². The van der Waals surface area contributed by atoms with E-state index in [4.69, 9.17) is 5.73 Å². The highest BCUT2D eigenvalue weighted by atomic mass is 79.9. The molecule has 0 aliphatic carbocycles. The van der Waals surface area contributed by atoms with E-state index in [9.17, 15) is 5.11 Å². The van der Waals surface area contributed by atoms with Crippen molar-refractivity contribution in [1.29, 1.82) is 0 Å². The molecule has 78 valence electrons. The van der Waals surface area contributed by atoms with Crippen LogP contribution < -0.4 is 5.73 Å². The van der Waals surface area contributed by atoms with E-state index >= 15 is 0 Å². The second-order valence-electron chi connectivity index (χ2n) is 2.93. The van der Waals surface area contributed by atoms with Crippen LogP contribution in [0, 0.1) is 0 Å². The molecule has 0 aliphatic rings. The number of halogens is 3. The Morgan fingerprint density at radius 1 is 1.36 bits per heavy atom. The number of hydrogen-bond donors (Lipinski definition) is 2. The van der Waals surface area contributed by atoms with Crippen molar-refractivity contribution in [2.24, 2.45) is 5.73 Å². The first-order valence-electron chi connectivity index (χ1n) is 4.11. The first-order chi connectivity index (χ1) is 6.49. The second kappa shape index (κ2) is 4.96. The van der Waals surface area contributed by atoms with Crippen LogP contribution in [-0.2, 0) is 0 Å². The van der Waals surface area contributed by atoms with Crippen molar-refractivity contribution in [1.82, 2.24) is 0 Å². The summed E-state index contributed by atoms with van der Waals surface area (Å²) in [6.45, 7) is 2.00. The van der Waals surface area contributed by atoms with Crippen LogP contribution in [0.5, 0.6) is 5.75 Å². The van der Waals surface area contributed by atoms with Gasteiger partial charge in [-0.25, -0.2) is 0 Å². The molecule has 1 aromatic rings. The quantitative estimate of drug-likeness (QED) is 0.802. The lowest BCUT2D eigenvalue weighted by atomic mass is 10.1. The van der Waals surface area contributed by atoms with Crippen molar-refractivity contribution in [2.45, 2.75) is 19.4 Å². The first-order valence-corrected chi connectivity index (χ1v) is 6.48. The van der Waals surface area contributed by atoms with E-state index in [1.165, 1.54) is 0 Å². The fourth-order valence-corrected chi connectivity index (χ4v) is 3.85. The molecular weight excluding hydrogens is 378 g/mol. The Balaban J connectivity index is 3.36. The van der Waals surface area contributed by atoms with Gasteiger partial charge in [-0.3, -0.25) is 0 Å². The maximum atomic E-state index is 9.69. The zero-order valence-corrected chi connectivity index (χ0v) is 12.3. The highest BCUT2D eigenvalue weighted by Gasteiger charge is 2.17. The van der Waals surface area contributed by atoms with E-state index in [-0.39, 0.29) is 11.8 Å². The predicted molar refractivity (Wildman–Crippen MR) is 68.4 cm³/mol. The van der Waals surface area contributed by atoms with E-state index in [1.54, 1.807) is 6.07 Å². The highest BCUT2D eigenvalue weighted by molar-refractivity contribution is 9.11. The van der Waals surface area contributed by atoms with Gasteiger partial charge in [-0.2, -0.15) is 0 Å². The zero-order valence-electron chi connectivity index (χ0n) is 7.52. The van der Waals surface area contributed by atoms with Gasteiger partial charge in [0.1, 0.15) is 5.75 Å². The highest BCUT2D eigenvalue weighted by Crippen LogP contribution is 2.42. The summed E-state index contributed by atoms with van der Waals surface area (Å²) in [5, 5.41) is 9.69. The smallest absolute Gasteiger partial charge is 0.144 e. The first kappa shape index (κ1) is 12.5. The Hall–Kier alpha value is 0.420. The van der Waals surface area contributed by atoms with Gasteiger partial charge < -0.3 is 10.8 Å². The summed E-state index contributed by atoms with van der Waals surface area (Å²) in [7, 11) is 0. The average molecular weight is 388 g/mol. The monoisotopic (exact) mass is 385 g/mol. The van der Waals surface area contributed by atoms with Crippen LogP contribution in [0.4, 0.5) is 0 Å². The molecule has 0 aliphatic heterocycles. The van der Waals surface area contributed by atoms with Crippen molar-refractivity contribution < 1.29 is 5.11 Å². The summed E-state index contributed by atoms with van der Waals surface area (Å²) in [4.78, 5) is 0. The zero-order chi connectivity index (χ0) is 10.9. The molecular formula is C9H10Br3NO. The fourth-order valence-electron chi connectivity index (χ4n) is 1.14. The predicted octanol–water partition coefficient (Wildman–Crippen LogP) is 4.09. The second-order valence-corrected chi connectivity index (χ2v) is 5.43. The minimum absolute atomic E-state index is 0.0854. The number of nitrogens with two attached hydrogens (primary N) is 1. The van der Waals surface area contributed by atoms with Gasteiger partial charge in [0.15, 0.2) is 0 Å². The molecule has 0 heterocycles. The molecule has 0 radical (unpaired) electrons. The normalized spacial score (nSPS) is 12.9. The molecule has 0 unspecified atom stereocenters. The van der Waals surface area contributed by atoms with E-state index in [1.807, 2.05) is 6.92 Å². The lowest BCUT2D eigenvalue weighted by molar-refractivity contribution is 0.466. The van der Waals surface area contributed by atoms with Gasteiger partial charge in [-0.15, -0.1) is 0 Å². The van der Waals surface area contributed by atoms with E-state index in [0.717, 1.165) is 16.5 Å². The van der Waals surface area contributed by atoms with Crippen LogP contribution in [-0.4, -0.2) is 5.11 Å². The molecule has 5 heteroatoms. The Bertz CT molecular complexity index is 354. The fraction of sp³-hybridized carbons (Fsp3) is 0.333. The standard InChI is InChI=1S/C9H10Br3NO/c1-2-6(13)7-4(10)3-5(11)9(14)8(7)12/h3,6,14H,2,13H2,1H3/t6-/m1/s1. The number of rotatable bonds is 2. The molecule has 0 saturated heterocycles. The molecule has 1 rings (SSSR count). The van der Waals surface area contributed by atoms with Crippen LogP contribution in [0.2, 0.25) is 0 Å². The van der Waals surface area contributed by atoms with Crippen molar-refractivity contribution in [2.75, 3.05) is 0 Å². The van der Waals surface area contributed by atoms with Gasteiger partial charge >= 0.3 is 0 Å². The van der Waals surface area contributed by atoms with Gasteiger partial charge in [0, 0.05) is 16.1 Å². The lowest BCUT2D eigenvalue weighted by Crippen LogP contribution is -2.10. The number of benzene rings is 1. The Morgan fingerprint density at radius 3 is 2.43 bits per heavy atom. The average Bonchev–Trinajstić information content (AvgIpc) is 2.14. The number of hydrogen-bond acceptors (Lipinski definition) is 2. The number of phenols is 1. The van der Waals surface area contributed by atoms with Crippen molar-refractivity contribution >= 4 is 47.8 Å². The summed E-state index contributed by atoms with van der Waals surface area (Å²) in [5.41, 5.74) is 6.82. The summed E-state index contributed by atoms with van der Waals surface area (Å²) in [5.74, 6) is 0.187. The molecule has 0 bridgehead atoms. The largest absolute Gasteiger partial charge is 0.506 e. The van der Waals surface area contributed by atoms with Gasteiger partial charge in [-0.05, 0) is 44.3 Å². The van der Waals surface area contributed by atoms with E-state index in [0.29, 0.717) is 8.95 Å². The molecule has 0 spiro atoms. The molecule has 14 heavy (non-hydrogen) atoms. The summed E-state index contributed by atoms with van der Waals surface area (Å²) in [6, 6.07) is 1.71. The summed E-state index contributed by atoms with van der Waals surface area (Å²) >= 11 is 10.0. The summed E-state index contributed by atoms with van der Waals surface area (Å²) in [6.07, 6.45) is 0.818. The summed E-state index contributed by atoms with van der Waals surface area (Å²) < 4.78 is 2.18. The minimum Gasteiger partial charge on any atom is -0.506 e. The topological polar surface area (TPSA) is 46.2 Å². The van der Waals surface area contributed by atoms with Gasteiger partial charge in [0.2, 0.25) is 0 Å². The van der Waals surface area contributed by atoms with Crippen LogP contribution in [0.15, 0.2) is 19.5 Å². The Kier molecular flexibility index (Phi) is 4.43. The van der Waals surface area contributed by atoms with Crippen molar-refractivity contribution in [3.8, 4) is 5.75 Å². The number of aromatic hydroxyl groups is 1. The van der Waals surface area contributed by atoms with Crippen LogP contribution in [0.3, 0.4) is 0 Å². The molecule has 2 nitrogen and oxygen atoms in total. The number of phenolic OH excluding ortho intramolecular Hbond substituents is 1. The molecule has 0 fully saturated rings. The van der Waals surface area contributed by atoms with Crippen LogP contribution in [0.25, 0.3) is 0 Å². The Labute approximate surface area is 108 Å². The third kappa shape index (κ3) is 2.32. The van der Waals surface area contributed by atoms with Crippen LogP contribution in [0.1, 0.15) is 24.9 Å². The van der Waals surface area contributed by atoms with Gasteiger partial charge in [0.05, 0.1) is 8.95 Å². The Morgan fingerprint density at radius 2 is 1.93 bits per heavy atom. The lowest BCUT2D eigenvalue weighted by Gasteiger charge is -2.15. The third-order valence-electron chi connectivity index (χ3n) is 1.99. The molecule has 0 aromatic heterocycles. The van der Waals surface area contributed by atoms with Crippen molar-refractivity contribution in [3.63, 3.8) is 0 Å². The molecule has 0 saturated carbocycles.